The third-order valence-corrected chi connectivity index (χ3v) is 4.08. The summed E-state index contributed by atoms with van der Waals surface area (Å²) >= 11 is 1.60. The average Bonchev–Trinajstić information content (AvgIpc) is 3.05. The van der Waals surface area contributed by atoms with Gasteiger partial charge in [-0.15, -0.1) is 11.3 Å². The van der Waals surface area contributed by atoms with Crippen LogP contribution in [0.4, 0.5) is 0 Å². The van der Waals surface area contributed by atoms with Gasteiger partial charge in [0.05, 0.1) is 0 Å². The van der Waals surface area contributed by atoms with Gasteiger partial charge in [-0.1, -0.05) is 18.2 Å². The van der Waals surface area contributed by atoms with Gasteiger partial charge < -0.3 is 0 Å². The zero-order valence-corrected chi connectivity index (χ0v) is 11.6. The average molecular weight is 270 g/mol. The maximum Gasteiger partial charge on any atom is 0.212 e. The molecule has 4 heteroatoms. The normalized spacial score (nSPS) is 11.3. The minimum absolute atomic E-state index is 0.0450. The summed E-state index contributed by atoms with van der Waals surface area (Å²) in [5.74, 6) is 0.0450. The summed E-state index contributed by atoms with van der Waals surface area (Å²) in [7, 11) is 0. The Morgan fingerprint density at radius 3 is 2.84 bits per heavy atom. The Kier molecular flexibility index (Phi) is 2.95. The van der Waals surface area contributed by atoms with Crippen LogP contribution in [0.15, 0.2) is 41.9 Å². The zero-order valence-electron chi connectivity index (χ0n) is 10.8. The topological polar surface area (TPSA) is 34.9 Å². The van der Waals surface area contributed by atoms with E-state index in [1.807, 2.05) is 43.5 Å². The van der Waals surface area contributed by atoms with Gasteiger partial charge in [0.2, 0.25) is 5.78 Å². The van der Waals surface area contributed by atoms with E-state index in [-0.39, 0.29) is 11.8 Å². The Morgan fingerprint density at radius 2 is 2.05 bits per heavy atom. The van der Waals surface area contributed by atoms with Gasteiger partial charge in [-0.2, -0.15) is 5.10 Å². The van der Waals surface area contributed by atoms with Crippen molar-refractivity contribution in [3.8, 4) is 0 Å². The smallest absolute Gasteiger partial charge is 0.212 e. The van der Waals surface area contributed by atoms with E-state index in [1.165, 1.54) is 0 Å². The number of rotatable bonds is 3. The third-order valence-electron chi connectivity index (χ3n) is 3.12. The molecular weight excluding hydrogens is 256 g/mol. The Labute approximate surface area is 115 Å². The van der Waals surface area contributed by atoms with Crippen molar-refractivity contribution in [2.45, 2.75) is 19.9 Å². The summed E-state index contributed by atoms with van der Waals surface area (Å²) in [6, 6.07) is 9.95. The van der Waals surface area contributed by atoms with Gasteiger partial charge in [-0.25, -0.2) is 0 Å². The molecular formula is C15H14N2OS. The van der Waals surface area contributed by atoms with Crippen LogP contribution in [-0.2, 0) is 0 Å². The molecule has 0 aliphatic carbocycles. The number of nitrogens with zero attached hydrogens (tertiary/aromatic N) is 2. The van der Waals surface area contributed by atoms with Crippen LogP contribution in [0.25, 0.3) is 10.1 Å². The number of carbonyl (C=O) groups excluding carboxylic acids is 1. The molecule has 3 nitrogen and oxygen atoms in total. The number of carbonyl (C=O) groups is 1. The zero-order chi connectivity index (χ0) is 13.4. The molecule has 0 fully saturated rings. The van der Waals surface area contributed by atoms with Crippen LogP contribution in [0.2, 0.25) is 0 Å². The molecule has 2 aromatic heterocycles. The highest BCUT2D eigenvalue weighted by molar-refractivity contribution is 7.17. The Balaban J connectivity index is 2.11. The van der Waals surface area contributed by atoms with Gasteiger partial charge in [0.25, 0.3) is 0 Å². The lowest BCUT2D eigenvalue weighted by Crippen LogP contribution is -2.13. The van der Waals surface area contributed by atoms with Crippen molar-refractivity contribution >= 4 is 27.2 Å². The standard InChI is InChI=1S/C15H14N2OS/c1-10(2)17-13(7-8-16-17)15(18)12-9-19-14-6-4-3-5-11(12)14/h3-10H,1-2H3. The molecule has 0 radical (unpaired) electrons. The Morgan fingerprint density at radius 1 is 1.26 bits per heavy atom. The fourth-order valence-corrected chi connectivity index (χ4v) is 3.14. The largest absolute Gasteiger partial charge is 0.287 e. The van der Waals surface area contributed by atoms with Crippen molar-refractivity contribution in [1.29, 1.82) is 0 Å². The first kappa shape index (κ1) is 12.1. The lowest BCUT2D eigenvalue weighted by molar-refractivity contribution is 0.102. The summed E-state index contributed by atoms with van der Waals surface area (Å²) < 4.78 is 2.91. The molecule has 3 aromatic rings. The predicted molar refractivity (Wildman–Crippen MR) is 77.9 cm³/mol. The fraction of sp³-hybridized carbons (Fsp3) is 0.200. The Bertz CT molecular complexity index is 739. The number of fused-ring (bicyclic) bond motifs is 1. The quantitative estimate of drug-likeness (QED) is 0.676. The van der Waals surface area contributed by atoms with Crippen LogP contribution in [0.5, 0.6) is 0 Å². The number of ketones is 1. The van der Waals surface area contributed by atoms with Crippen LogP contribution in [0.1, 0.15) is 35.9 Å². The molecule has 0 amide bonds. The summed E-state index contributed by atoms with van der Waals surface area (Å²) in [6.07, 6.45) is 1.68. The molecule has 19 heavy (non-hydrogen) atoms. The highest BCUT2D eigenvalue weighted by Gasteiger charge is 2.18. The summed E-state index contributed by atoms with van der Waals surface area (Å²) in [6.45, 7) is 4.05. The van der Waals surface area contributed by atoms with E-state index in [2.05, 4.69) is 5.10 Å². The van der Waals surface area contributed by atoms with Crippen molar-refractivity contribution in [1.82, 2.24) is 9.78 Å². The number of aromatic nitrogens is 2. The molecule has 0 unspecified atom stereocenters. The van der Waals surface area contributed by atoms with Gasteiger partial charge in [0.1, 0.15) is 5.69 Å². The van der Waals surface area contributed by atoms with Crippen LogP contribution in [0, 0.1) is 0 Å². The lowest BCUT2D eigenvalue weighted by Gasteiger charge is -2.09. The first-order chi connectivity index (χ1) is 9.18. The van der Waals surface area contributed by atoms with Crippen molar-refractivity contribution in [2.24, 2.45) is 0 Å². The van der Waals surface area contributed by atoms with Crippen LogP contribution in [0.3, 0.4) is 0 Å². The molecule has 0 saturated carbocycles. The predicted octanol–water partition coefficient (Wildman–Crippen LogP) is 3.91. The highest BCUT2D eigenvalue weighted by Crippen LogP contribution is 2.27. The van der Waals surface area contributed by atoms with Crippen molar-refractivity contribution in [3.05, 3.63) is 53.2 Å². The Hall–Kier alpha value is -1.94. The molecule has 3 rings (SSSR count). The van der Waals surface area contributed by atoms with Crippen LogP contribution >= 0.6 is 11.3 Å². The highest BCUT2D eigenvalue weighted by atomic mass is 32.1. The van der Waals surface area contributed by atoms with Crippen molar-refractivity contribution < 1.29 is 4.79 Å². The molecule has 0 spiro atoms. The van der Waals surface area contributed by atoms with Crippen LogP contribution < -0.4 is 0 Å². The summed E-state index contributed by atoms with van der Waals surface area (Å²) in [5.41, 5.74) is 1.42. The maximum absolute atomic E-state index is 12.7. The SMILES string of the molecule is CC(C)n1nccc1C(=O)c1csc2ccccc12. The van der Waals surface area contributed by atoms with E-state index in [0.29, 0.717) is 5.69 Å². The van der Waals surface area contributed by atoms with E-state index >= 15 is 0 Å². The second kappa shape index (κ2) is 4.63. The number of hydrogen-bond acceptors (Lipinski definition) is 3. The second-order valence-electron chi connectivity index (χ2n) is 4.73. The minimum atomic E-state index is 0.0450. The lowest BCUT2D eigenvalue weighted by atomic mass is 10.1. The van der Waals surface area contributed by atoms with E-state index < -0.39 is 0 Å². The van der Waals surface area contributed by atoms with Crippen molar-refractivity contribution in [3.63, 3.8) is 0 Å². The summed E-state index contributed by atoms with van der Waals surface area (Å²) in [4.78, 5) is 12.7. The second-order valence-corrected chi connectivity index (χ2v) is 5.64. The molecule has 0 aliphatic heterocycles. The van der Waals surface area contributed by atoms with E-state index in [0.717, 1.165) is 15.6 Å². The van der Waals surface area contributed by atoms with Gasteiger partial charge in [-0.3, -0.25) is 9.48 Å². The van der Waals surface area contributed by atoms with Crippen molar-refractivity contribution in [2.75, 3.05) is 0 Å². The first-order valence-corrected chi connectivity index (χ1v) is 7.11. The molecule has 0 saturated heterocycles. The summed E-state index contributed by atoms with van der Waals surface area (Å²) in [5, 5.41) is 7.18. The van der Waals surface area contributed by atoms with Gasteiger partial charge in [0, 0.05) is 33.3 Å². The van der Waals surface area contributed by atoms with E-state index in [9.17, 15) is 4.79 Å². The van der Waals surface area contributed by atoms with E-state index in [4.69, 9.17) is 0 Å². The number of thiophene rings is 1. The van der Waals surface area contributed by atoms with Gasteiger partial charge in [-0.05, 0) is 26.0 Å². The number of hydrogen-bond donors (Lipinski definition) is 0. The molecule has 0 atom stereocenters. The fourth-order valence-electron chi connectivity index (χ4n) is 2.20. The molecule has 0 N–H and O–H groups in total. The van der Waals surface area contributed by atoms with Crippen LogP contribution in [-0.4, -0.2) is 15.6 Å². The molecule has 0 aliphatic rings. The molecule has 96 valence electrons. The van der Waals surface area contributed by atoms with Gasteiger partial charge in [0.15, 0.2) is 0 Å². The monoisotopic (exact) mass is 270 g/mol. The number of benzene rings is 1. The third kappa shape index (κ3) is 1.98. The minimum Gasteiger partial charge on any atom is -0.287 e. The molecule has 2 heterocycles. The van der Waals surface area contributed by atoms with Gasteiger partial charge >= 0.3 is 0 Å². The first-order valence-electron chi connectivity index (χ1n) is 6.23. The van der Waals surface area contributed by atoms with E-state index in [1.54, 1.807) is 28.3 Å². The maximum atomic E-state index is 12.7. The molecule has 0 bridgehead atoms. The molecule has 1 aromatic carbocycles.